The van der Waals surface area contributed by atoms with Gasteiger partial charge in [0, 0.05) is 12.6 Å². The normalized spacial score (nSPS) is 12.0. The summed E-state index contributed by atoms with van der Waals surface area (Å²) < 4.78 is 4.70. The van der Waals surface area contributed by atoms with E-state index in [2.05, 4.69) is 20.8 Å². The number of esters is 1. The molecule has 124 valence electrons. The first kappa shape index (κ1) is 18.7. The van der Waals surface area contributed by atoms with Gasteiger partial charge in [-0.05, 0) is 31.9 Å². The molecule has 0 fully saturated rings. The van der Waals surface area contributed by atoms with Gasteiger partial charge in [-0.3, -0.25) is 4.79 Å². The maximum Gasteiger partial charge on any atom is 0.348 e. The summed E-state index contributed by atoms with van der Waals surface area (Å²) in [5.41, 5.74) is 0. The Morgan fingerprint density at radius 2 is 1.86 bits per heavy atom. The molecule has 5 heteroatoms. The van der Waals surface area contributed by atoms with Crippen LogP contribution in [0.2, 0.25) is 0 Å². The Bertz CT molecular complexity index is 484. The van der Waals surface area contributed by atoms with Crippen LogP contribution in [0.15, 0.2) is 12.1 Å². The topological polar surface area (TPSA) is 46.6 Å². The van der Waals surface area contributed by atoms with Crippen molar-refractivity contribution in [3.05, 3.63) is 21.9 Å². The number of hydrogen-bond acceptors (Lipinski definition) is 4. The minimum atomic E-state index is -0.386. The van der Waals surface area contributed by atoms with Gasteiger partial charge in [-0.25, -0.2) is 4.79 Å². The molecular formula is C17H27NO3S. The second-order valence-electron chi connectivity index (χ2n) is 5.50. The van der Waals surface area contributed by atoms with Crippen LogP contribution >= 0.6 is 11.3 Å². The van der Waals surface area contributed by atoms with E-state index in [9.17, 15) is 9.59 Å². The van der Waals surface area contributed by atoms with Crippen LogP contribution in [-0.2, 0) is 4.74 Å². The molecule has 0 radical (unpaired) electrons. The maximum absolute atomic E-state index is 12.8. The summed E-state index contributed by atoms with van der Waals surface area (Å²) in [7, 11) is 1.35. The zero-order valence-corrected chi connectivity index (χ0v) is 14.9. The molecule has 0 aliphatic carbocycles. The zero-order valence-electron chi connectivity index (χ0n) is 14.1. The van der Waals surface area contributed by atoms with Gasteiger partial charge in [-0.1, -0.05) is 33.1 Å². The molecule has 22 heavy (non-hydrogen) atoms. The van der Waals surface area contributed by atoms with Gasteiger partial charge in [0.25, 0.3) is 5.91 Å². The highest BCUT2D eigenvalue weighted by atomic mass is 32.1. The van der Waals surface area contributed by atoms with Gasteiger partial charge in [0.1, 0.15) is 4.88 Å². The molecule has 1 atom stereocenters. The molecule has 1 heterocycles. The van der Waals surface area contributed by atoms with Crippen molar-refractivity contribution in [1.29, 1.82) is 0 Å². The highest BCUT2D eigenvalue weighted by Crippen LogP contribution is 2.21. The number of hydrogen-bond donors (Lipinski definition) is 0. The van der Waals surface area contributed by atoms with E-state index in [0.717, 1.165) is 38.6 Å². The van der Waals surface area contributed by atoms with Gasteiger partial charge in [-0.15, -0.1) is 11.3 Å². The molecule has 4 nitrogen and oxygen atoms in total. The fourth-order valence-corrected chi connectivity index (χ4v) is 3.31. The average Bonchev–Trinajstić information content (AvgIpc) is 3.00. The summed E-state index contributed by atoms with van der Waals surface area (Å²) in [6.45, 7) is 7.16. The first-order chi connectivity index (χ1) is 10.5. The number of carbonyl (C=O) groups excluding carboxylic acids is 2. The first-order valence-corrected chi connectivity index (χ1v) is 8.85. The number of methoxy groups -OCH3 is 1. The fourth-order valence-electron chi connectivity index (χ4n) is 2.43. The molecule has 1 rings (SSSR count). The van der Waals surface area contributed by atoms with E-state index in [1.807, 2.05) is 4.90 Å². The Hall–Kier alpha value is -1.36. The maximum atomic E-state index is 12.8. The summed E-state index contributed by atoms with van der Waals surface area (Å²) >= 11 is 1.21. The van der Waals surface area contributed by atoms with Gasteiger partial charge in [0.15, 0.2) is 0 Å². The van der Waals surface area contributed by atoms with E-state index in [1.54, 1.807) is 12.1 Å². The Balaban J connectivity index is 2.85. The zero-order chi connectivity index (χ0) is 16.5. The van der Waals surface area contributed by atoms with E-state index in [0.29, 0.717) is 9.75 Å². The van der Waals surface area contributed by atoms with Crippen LogP contribution in [0, 0.1) is 0 Å². The number of amides is 1. The second-order valence-corrected chi connectivity index (χ2v) is 6.58. The Morgan fingerprint density at radius 3 is 2.45 bits per heavy atom. The largest absolute Gasteiger partial charge is 0.465 e. The van der Waals surface area contributed by atoms with E-state index in [1.165, 1.54) is 18.4 Å². The van der Waals surface area contributed by atoms with Crippen molar-refractivity contribution in [3.63, 3.8) is 0 Å². The molecule has 1 aromatic heterocycles. The van der Waals surface area contributed by atoms with E-state index < -0.39 is 0 Å². The molecule has 1 unspecified atom stereocenters. The number of thiophene rings is 1. The van der Waals surface area contributed by atoms with Crippen molar-refractivity contribution in [1.82, 2.24) is 4.90 Å². The lowest BCUT2D eigenvalue weighted by molar-refractivity contribution is 0.0605. The summed E-state index contributed by atoms with van der Waals surface area (Å²) in [6.07, 6.45) is 5.32. The summed E-state index contributed by atoms with van der Waals surface area (Å²) in [6, 6.07) is 3.61. The molecular weight excluding hydrogens is 298 g/mol. The molecule has 0 saturated heterocycles. The molecule has 0 spiro atoms. The van der Waals surface area contributed by atoms with Crippen molar-refractivity contribution in [2.45, 2.75) is 58.9 Å². The lowest BCUT2D eigenvalue weighted by atomic mass is 10.1. The molecule has 1 amide bonds. The van der Waals surface area contributed by atoms with Crippen molar-refractivity contribution >= 4 is 23.2 Å². The first-order valence-electron chi connectivity index (χ1n) is 8.04. The van der Waals surface area contributed by atoms with Crippen LogP contribution in [0.3, 0.4) is 0 Å². The monoisotopic (exact) mass is 325 g/mol. The standard InChI is InChI=1S/C17H27NO3S/c1-5-7-8-12-18(13(3)9-6-2)16(19)14-10-11-15(22-14)17(20)21-4/h10-11,13H,5-9,12H2,1-4H3. The predicted octanol–water partition coefficient (Wildman–Crippen LogP) is 4.36. The third-order valence-electron chi connectivity index (χ3n) is 3.71. The number of nitrogens with zero attached hydrogens (tertiary/aromatic N) is 1. The minimum Gasteiger partial charge on any atom is -0.465 e. The van der Waals surface area contributed by atoms with Crippen molar-refractivity contribution in [3.8, 4) is 0 Å². The van der Waals surface area contributed by atoms with Crippen LogP contribution in [-0.4, -0.2) is 36.5 Å². The Kier molecular flexibility index (Phi) is 8.17. The van der Waals surface area contributed by atoms with E-state index >= 15 is 0 Å². The van der Waals surface area contributed by atoms with E-state index in [4.69, 9.17) is 4.74 Å². The number of unbranched alkanes of at least 4 members (excludes halogenated alkanes) is 2. The van der Waals surface area contributed by atoms with Crippen LogP contribution < -0.4 is 0 Å². The quantitative estimate of drug-likeness (QED) is 0.501. The lowest BCUT2D eigenvalue weighted by Crippen LogP contribution is -2.39. The molecule has 0 N–H and O–H groups in total. The lowest BCUT2D eigenvalue weighted by Gasteiger charge is -2.29. The van der Waals surface area contributed by atoms with Crippen LogP contribution in [0.4, 0.5) is 0 Å². The van der Waals surface area contributed by atoms with Crippen LogP contribution in [0.1, 0.15) is 72.2 Å². The van der Waals surface area contributed by atoms with Crippen LogP contribution in [0.25, 0.3) is 0 Å². The van der Waals surface area contributed by atoms with E-state index in [-0.39, 0.29) is 17.9 Å². The Morgan fingerprint density at radius 1 is 1.18 bits per heavy atom. The average molecular weight is 325 g/mol. The number of ether oxygens (including phenoxy) is 1. The highest BCUT2D eigenvalue weighted by Gasteiger charge is 2.23. The number of carbonyl (C=O) groups is 2. The smallest absolute Gasteiger partial charge is 0.348 e. The van der Waals surface area contributed by atoms with Gasteiger partial charge < -0.3 is 9.64 Å². The summed E-state index contributed by atoms with van der Waals surface area (Å²) in [5, 5.41) is 0. The third-order valence-corrected chi connectivity index (χ3v) is 4.76. The van der Waals surface area contributed by atoms with Gasteiger partial charge in [0.05, 0.1) is 12.0 Å². The van der Waals surface area contributed by atoms with Crippen molar-refractivity contribution < 1.29 is 14.3 Å². The molecule has 0 aromatic carbocycles. The second kappa shape index (κ2) is 9.62. The third kappa shape index (κ3) is 5.13. The van der Waals surface area contributed by atoms with Gasteiger partial charge in [0.2, 0.25) is 0 Å². The summed E-state index contributed by atoms with van der Waals surface area (Å²) in [4.78, 5) is 27.3. The van der Waals surface area contributed by atoms with Gasteiger partial charge >= 0.3 is 5.97 Å². The van der Waals surface area contributed by atoms with Crippen LogP contribution in [0.5, 0.6) is 0 Å². The highest BCUT2D eigenvalue weighted by molar-refractivity contribution is 7.15. The SMILES string of the molecule is CCCCCN(C(=O)c1ccc(C(=O)OC)s1)C(C)CCC. The van der Waals surface area contributed by atoms with Gasteiger partial charge in [-0.2, -0.15) is 0 Å². The molecule has 0 saturated carbocycles. The van der Waals surface area contributed by atoms with Crippen molar-refractivity contribution in [2.75, 3.05) is 13.7 Å². The molecule has 0 aliphatic heterocycles. The number of rotatable bonds is 9. The minimum absolute atomic E-state index is 0.0252. The predicted molar refractivity (Wildman–Crippen MR) is 90.6 cm³/mol. The van der Waals surface area contributed by atoms with Crippen molar-refractivity contribution in [2.24, 2.45) is 0 Å². The molecule has 0 aliphatic rings. The fraction of sp³-hybridized carbons (Fsp3) is 0.647. The Labute approximate surface area is 137 Å². The molecule has 0 bridgehead atoms. The summed E-state index contributed by atoms with van der Waals surface area (Å²) in [5.74, 6) is -0.361. The molecule has 1 aromatic rings.